The molecule has 0 fully saturated rings. The third-order valence-electron chi connectivity index (χ3n) is 3.71. The number of benzene rings is 2. The Morgan fingerprint density at radius 1 is 1.17 bits per heavy atom. The minimum atomic E-state index is 0.598. The number of aromatic nitrogens is 2. The van der Waals surface area contributed by atoms with E-state index in [4.69, 9.17) is 26.3 Å². The number of imidazole rings is 1. The van der Waals surface area contributed by atoms with Gasteiger partial charge in [0.05, 0.1) is 16.7 Å². The van der Waals surface area contributed by atoms with Crippen molar-refractivity contribution >= 4 is 33.2 Å². The SMILES string of the molecule is N#Cc1ccc(-c2nc(-c3cc(Br)ccc3Cl)c3occn23)cc1. The van der Waals surface area contributed by atoms with Gasteiger partial charge in [-0.2, -0.15) is 5.26 Å². The Hall–Kier alpha value is -2.55. The fourth-order valence-electron chi connectivity index (χ4n) is 2.58. The second-order valence-corrected chi connectivity index (χ2v) is 6.50. The van der Waals surface area contributed by atoms with Crippen LogP contribution in [0.15, 0.2) is 63.8 Å². The quantitative estimate of drug-likeness (QED) is 0.445. The zero-order valence-electron chi connectivity index (χ0n) is 12.2. The average Bonchev–Trinajstić information content (AvgIpc) is 3.20. The van der Waals surface area contributed by atoms with Crippen LogP contribution in [0.25, 0.3) is 28.4 Å². The van der Waals surface area contributed by atoms with Crippen LogP contribution < -0.4 is 0 Å². The van der Waals surface area contributed by atoms with Crippen molar-refractivity contribution in [3.8, 4) is 28.7 Å². The monoisotopic (exact) mass is 397 g/mol. The van der Waals surface area contributed by atoms with Gasteiger partial charge in [-0.1, -0.05) is 27.5 Å². The Kier molecular flexibility index (Phi) is 3.64. The predicted molar refractivity (Wildman–Crippen MR) is 95.8 cm³/mol. The van der Waals surface area contributed by atoms with Gasteiger partial charge in [-0.05, 0) is 42.5 Å². The summed E-state index contributed by atoms with van der Waals surface area (Å²) in [7, 11) is 0. The zero-order chi connectivity index (χ0) is 16.7. The summed E-state index contributed by atoms with van der Waals surface area (Å²) in [5.41, 5.74) is 3.58. The van der Waals surface area contributed by atoms with Gasteiger partial charge < -0.3 is 4.42 Å². The summed E-state index contributed by atoms with van der Waals surface area (Å²) < 4.78 is 8.40. The van der Waals surface area contributed by atoms with E-state index in [1.54, 1.807) is 18.4 Å². The van der Waals surface area contributed by atoms with Gasteiger partial charge in [-0.25, -0.2) is 4.98 Å². The second-order valence-electron chi connectivity index (χ2n) is 5.18. The number of nitriles is 1. The first-order valence-corrected chi connectivity index (χ1v) is 8.26. The van der Waals surface area contributed by atoms with E-state index in [0.717, 1.165) is 21.4 Å². The topological polar surface area (TPSA) is 54.2 Å². The van der Waals surface area contributed by atoms with E-state index in [1.165, 1.54) is 0 Å². The highest BCUT2D eigenvalue weighted by atomic mass is 79.9. The summed E-state index contributed by atoms with van der Waals surface area (Å²) in [4.78, 5) is 4.73. The van der Waals surface area contributed by atoms with E-state index in [0.29, 0.717) is 22.0 Å². The summed E-state index contributed by atoms with van der Waals surface area (Å²) in [5, 5.41) is 9.54. The molecule has 0 atom stereocenters. The molecule has 0 saturated heterocycles. The number of hydrogen-bond donors (Lipinski definition) is 0. The van der Waals surface area contributed by atoms with Crippen LogP contribution in [0.4, 0.5) is 0 Å². The number of hydrogen-bond acceptors (Lipinski definition) is 3. The molecule has 4 aromatic rings. The van der Waals surface area contributed by atoms with Crippen molar-refractivity contribution in [2.24, 2.45) is 0 Å². The molecule has 4 nitrogen and oxygen atoms in total. The van der Waals surface area contributed by atoms with E-state index >= 15 is 0 Å². The molecule has 0 aliphatic heterocycles. The van der Waals surface area contributed by atoms with Crippen molar-refractivity contribution in [2.75, 3.05) is 0 Å². The van der Waals surface area contributed by atoms with Gasteiger partial charge in [0.25, 0.3) is 0 Å². The van der Waals surface area contributed by atoms with E-state index in [1.807, 2.05) is 40.9 Å². The molecule has 2 heterocycles. The fraction of sp³-hybridized carbons (Fsp3) is 0. The molecule has 6 heteroatoms. The van der Waals surface area contributed by atoms with Crippen molar-refractivity contribution in [3.05, 3.63) is 70.0 Å². The number of rotatable bonds is 2. The highest BCUT2D eigenvalue weighted by molar-refractivity contribution is 9.10. The van der Waals surface area contributed by atoms with Crippen LogP contribution in [0.3, 0.4) is 0 Å². The molecular weight excluding hydrogens is 390 g/mol. The van der Waals surface area contributed by atoms with Crippen LogP contribution in [0.5, 0.6) is 0 Å². The van der Waals surface area contributed by atoms with Crippen LogP contribution in [0.1, 0.15) is 5.56 Å². The third-order valence-corrected chi connectivity index (χ3v) is 4.54. The molecule has 4 rings (SSSR count). The lowest BCUT2D eigenvalue weighted by Crippen LogP contribution is -1.86. The molecule has 2 aromatic carbocycles. The van der Waals surface area contributed by atoms with E-state index in [9.17, 15) is 0 Å². The maximum atomic E-state index is 8.94. The molecule has 24 heavy (non-hydrogen) atoms. The minimum absolute atomic E-state index is 0.598. The van der Waals surface area contributed by atoms with Crippen LogP contribution in [-0.4, -0.2) is 9.38 Å². The molecule has 0 aliphatic carbocycles. The highest BCUT2D eigenvalue weighted by Crippen LogP contribution is 2.35. The Labute approximate surface area is 151 Å². The summed E-state index contributed by atoms with van der Waals surface area (Å²) in [6.45, 7) is 0. The number of halogens is 2. The van der Waals surface area contributed by atoms with E-state index in [-0.39, 0.29) is 0 Å². The van der Waals surface area contributed by atoms with Gasteiger partial charge in [0, 0.05) is 21.8 Å². The molecule has 0 N–H and O–H groups in total. The molecule has 0 bridgehead atoms. The molecule has 0 radical (unpaired) electrons. The Morgan fingerprint density at radius 3 is 2.71 bits per heavy atom. The van der Waals surface area contributed by atoms with Crippen molar-refractivity contribution in [3.63, 3.8) is 0 Å². The van der Waals surface area contributed by atoms with Crippen molar-refractivity contribution in [1.82, 2.24) is 9.38 Å². The summed E-state index contributed by atoms with van der Waals surface area (Å²) >= 11 is 9.81. The van der Waals surface area contributed by atoms with Gasteiger partial charge in [-0.15, -0.1) is 0 Å². The lowest BCUT2D eigenvalue weighted by molar-refractivity contribution is 0.609. The maximum Gasteiger partial charge on any atom is 0.231 e. The smallest absolute Gasteiger partial charge is 0.231 e. The molecule has 0 saturated carbocycles. The third kappa shape index (κ3) is 2.41. The summed E-state index contributed by atoms with van der Waals surface area (Å²) in [6.07, 6.45) is 3.42. The van der Waals surface area contributed by atoms with E-state index < -0.39 is 0 Å². The van der Waals surface area contributed by atoms with Crippen molar-refractivity contribution in [1.29, 1.82) is 5.26 Å². The average molecular weight is 399 g/mol. The lowest BCUT2D eigenvalue weighted by atomic mass is 10.1. The van der Waals surface area contributed by atoms with Crippen LogP contribution in [0.2, 0.25) is 5.02 Å². The molecule has 2 aromatic heterocycles. The van der Waals surface area contributed by atoms with Gasteiger partial charge in [0.1, 0.15) is 17.8 Å². The first kappa shape index (κ1) is 15.0. The Balaban J connectivity index is 1.94. The minimum Gasteiger partial charge on any atom is -0.444 e. The Morgan fingerprint density at radius 2 is 1.96 bits per heavy atom. The van der Waals surface area contributed by atoms with Crippen molar-refractivity contribution in [2.45, 2.75) is 0 Å². The van der Waals surface area contributed by atoms with Gasteiger partial charge >= 0.3 is 0 Å². The van der Waals surface area contributed by atoms with Crippen LogP contribution >= 0.6 is 27.5 Å². The second kappa shape index (κ2) is 5.82. The van der Waals surface area contributed by atoms with Gasteiger partial charge in [0.15, 0.2) is 0 Å². The van der Waals surface area contributed by atoms with E-state index in [2.05, 4.69) is 22.0 Å². The normalized spacial score (nSPS) is 10.9. The summed E-state index contributed by atoms with van der Waals surface area (Å²) in [5.74, 6) is 0.731. The van der Waals surface area contributed by atoms with Crippen LogP contribution in [-0.2, 0) is 0 Å². The lowest BCUT2D eigenvalue weighted by Gasteiger charge is -2.01. The molecule has 0 spiro atoms. The number of oxazole rings is 1. The maximum absolute atomic E-state index is 8.94. The predicted octanol–water partition coefficient (Wildman–Crippen LogP) is 5.55. The molecule has 0 amide bonds. The molecule has 0 aliphatic rings. The number of fused-ring (bicyclic) bond motifs is 1. The highest BCUT2D eigenvalue weighted by Gasteiger charge is 2.19. The van der Waals surface area contributed by atoms with Crippen LogP contribution in [0, 0.1) is 11.3 Å². The largest absolute Gasteiger partial charge is 0.444 e. The fourth-order valence-corrected chi connectivity index (χ4v) is 3.14. The summed E-state index contributed by atoms with van der Waals surface area (Å²) in [6, 6.07) is 15.0. The molecule has 116 valence electrons. The Bertz CT molecular complexity index is 1090. The first-order valence-electron chi connectivity index (χ1n) is 7.09. The van der Waals surface area contributed by atoms with Crippen molar-refractivity contribution < 1.29 is 4.42 Å². The number of nitrogens with zero attached hydrogens (tertiary/aromatic N) is 3. The first-order chi connectivity index (χ1) is 11.7. The standard InChI is InChI=1S/C18H9BrClN3O/c19-13-5-6-15(20)14(9-13)16-18-23(7-8-24-18)17(22-16)12-3-1-11(10-21)2-4-12/h1-9H. The zero-order valence-corrected chi connectivity index (χ0v) is 14.5. The van der Waals surface area contributed by atoms with Gasteiger partial charge in [-0.3, -0.25) is 4.40 Å². The molecule has 0 unspecified atom stereocenters. The van der Waals surface area contributed by atoms with Gasteiger partial charge in [0.2, 0.25) is 5.71 Å². The molecular formula is C18H9BrClN3O.